The highest BCUT2D eigenvalue weighted by molar-refractivity contribution is 9.10. The number of hydrogen-bond acceptors (Lipinski definition) is 6. The fourth-order valence-electron chi connectivity index (χ4n) is 5.66. The number of nitrogens with zero attached hydrogens (tertiary/aromatic N) is 3. The fraction of sp³-hybridized carbons (Fsp3) is 0.567. The van der Waals surface area contributed by atoms with Crippen molar-refractivity contribution in [2.75, 3.05) is 26.7 Å². The van der Waals surface area contributed by atoms with Gasteiger partial charge in [0.2, 0.25) is 5.91 Å². The average Bonchev–Trinajstić information content (AvgIpc) is 3.16. The smallest absolute Gasteiger partial charge is 0.422 e. The Morgan fingerprint density at radius 1 is 1.10 bits per heavy atom. The van der Waals surface area contributed by atoms with Crippen molar-refractivity contribution >= 4 is 50.4 Å². The summed E-state index contributed by atoms with van der Waals surface area (Å²) < 4.78 is 13.5. The Morgan fingerprint density at radius 3 is 2.41 bits per heavy atom. The van der Waals surface area contributed by atoms with Crippen LogP contribution in [0.2, 0.25) is 0 Å². The van der Waals surface area contributed by atoms with E-state index >= 15 is 0 Å². The van der Waals surface area contributed by atoms with Gasteiger partial charge in [-0.1, -0.05) is 45.9 Å². The van der Waals surface area contributed by atoms with E-state index in [0.29, 0.717) is 30.7 Å². The zero-order valence-corrected chi connectivity index (χ0v) is 25.6. The van der Waals surface area contributed by atoms with E-state index in [4.69, 9.17) is 9.47 Å². The van der Waals surface area contributed by atoms with Crippen molar-refractivity contribution in [3.05, 3.63) is 40.0 Å². The van der Waals surface area contributed by atoms with Crippen LogP contribution in [0.1, 0.15) is 59.1 Å². The standard InChI is InChI=1S/C30H40BrN3O5/c1-8-33(9-2)28(36)19-14-21-20-11-10-12-23-26(20)22(15-24(21)32(7)16-19)27(31)34(23)30(37)39-29(18(5)6)38-25(35)13-17(3)4/h10-12,14,17-19,24,29H,8-9,13,15-16H2,1-7H3. The molecule has 2 aliphatic rings. The number of ether oxygens (including phenoxy) is 2. The van der Waals surface area contributed by atoms with Gasteiger partial charge in [-0.15, -0.1) is 0 Å². The summed E-state index contributed by atoms with van der Waals surface area (Å²) >= 11 is 3.70. The molecule has 1 aromatic carbocycles. The van der Waals surface area contributed by atoms with Crippen molar-refractivity contribution in [2.24, 2.45) is 17.8 Å². The quantitative estimate of drug-likeness (QED) is 0.285. The van der Waals surface area contributed by atoms with Crippen LogP contribution < -0.4 is 0 Å². The number of halogens is 1. The molecule has 0 saturated heterocycles. The van der Waals surface area contributed by atoms with Gasteiger partial charge < -0.3 is 14.4 Å². The summed E-state index contributed by atoms with van der Waals surface area (Å²) in [7, 11) is 2.06. The molecule has 0 N–H and O–H groups in total. The molecule has 1 aliphatic carbocycles. The van der Waals surface area contributed by atoms with Gasteiger partial charge in [-0.2, -0.15) is 0 Å². The van der Waals surface area contributed by atoms with E-state index in [1.165, 1.54) is 4.57 Å². The Labute approximate surface area is 239 Å². The van der Waals surface area contributed by atoms with Gasteiger partial charge in [0.15, 0.2) is 0 Å². The lowest BCUT2D eigenvalue weighted by Crippen LogP contribution is -2.47. The van der Waals surface area contributed by atoms with Crippen LogP contribution in [0.25, 0.3) is 16.5 Å². The third-order valence-corrected chi connectivity index (χ3v) is 8.49. The minimum atomic E-state index is -0.992. The molecule has 2 heterocycles. The maximum atomic E-state index is 13.6. The molecule has 3 atom stereocenters. The predicted octanol–water partition coefficient (Wildman–Crippen LogP) is 5.70. The molecule has 0 spiro atoms. The number of likely N-dealkylation sites (N-methyl/N-ethyl adjacent to an activating group) is 1. The molecule has 0 saturated carbocycles. The number of carbonyl (C=O) groups is 3. The van der Waals surface area contributed by atoms with E-state index in [0.717, 1.165) is 27.6 Å². The number of rotatable bonds is 8. The first-order valence-electron chi connectivity index (χ1n) is 13.9. The van der Waals surface area contributed by atoms with Crippen molar-refractivity contribution in [2.45, 2.75) is 66.7 Å². The Bertz CT molecular complexity index is 1290. The van der Waals surface area contributed by atoms with Crippen LogP contribution in [0.15, 0.2) is 28.9 Å². The number of amides is 1. The van der Waals surface area contributed by atoms with Gasteiger partial charge >= 0.3 is 12.1 Å². The summed E-state index contributed by atoms with van der Waals surface area (Å²) in [5.41, 5.74) is 3.89. The van der Waals surface area contributed by atoms with Gasteiger partial charge in [-0.25, -0.2) is 9.36 Å². The number of esters is 1. The molecule has 0 bridgehead atoms. The SMILES string of the molecule is CCN(CC)C(=O)C1C=C2c3cccc4c3c(c(Br)n4C(=O)OC(OC(=O)CC(C)C)C(C)C)CC2N(C)C1. The predicted molar refractivity (Wildman–Crippen MR) is 155 cm³/mol. The van der Waals surface area contributed by atoms with Crippen LogP contribution in [-0.2, 0) is 25.5 Å². The second kappa shape index (κ2) is 11.8. The Hall–Kier alpha value is -2.65. The Kier molecular flexibility index (Phi) is 8.91. The molecule has 9 heteroatoms. The summed E-state index contributed by atoms with van der Waals surface area (Å²) in [5, 5.41) is 0.978. The first kappa shape index (κ1) is 29.3. The lowest BCUT2D eigenvalue weighted by Gasteiger charge is -2.40. The van der Waals surface area contributed by atoms with Gasteiger partial charge in [-0.3, -0.25) is 14.5 Å². The van der Waals surface area contributed by atoms with E-state index in [-0.39, 0.29) is 42.1 Å². The van der Waals surface area contributed by atoms with Crippen LogP contribution in [-0.4, -0.2) is 71.4 Å². The third-order valence-electron chi connectivity index (χ3n) is 7.65. The van der Waals surface area contributed by atoms with Gasteiger partial charge in [-0.05, 0) is 71.9 Å². The highest BCUT2D eigenvalue weighted by atomic mass is 79.9. The zero-order chi connectivity index (χ0) is 28.6. The molecule has 0 fully saturated rings. The molecule has 1 amide bonds. The van der Waals surface area contributed by atoms with Crippen LogP contribution in [0.5, 0.6) is 0 Å². The summed E-state index contributed by atoms with van der Waals surface area (Å²) in [6.07, 6.45) is 1.49. The molecule has 4 rings (SSSR count). The third kappa shape index (κ3) is 5.66. The van der Waals surface area contributed by atoms with Crippen LogP contribution >= 0.6 is 15.9 Å². The minimum absolute atomic E-state index is 0.0902. The van der Waals surface area contributed by atoms with Crippen LogP contribution in [0.3, 0.4) is 0 Å². The summed E-state index contributed by atoms with van der Waals surface area (Å²) in [6.45, 7) is 13.6. The van der Waals surface area contributed by atoms with Gasteiger partial charge in [0.05, 0.1) is 16.0 Å². The molecular formula is C30H40BrN3O5. The van der Waals surface area contributed by atoms with E-state index in [1.807, 2.05) is 58.6 Å². The highest BCUT2D eigenvalue weighted by Crippen LogP contribution is 2.45. The number of hydrogen-bond donors (Lipinski definition) is 0. The van der Waals surface area contributed by atoms with E-state index in [2.05, 4.69) is 40.0 Å². The number of benzene rings is 1. The number of fused-ring (bicyclic) bond motifs is 2. The fourth-order valence-corrected chi connectivity index (χ4v) is 6.35. The first-order valence-corrected chi connectivity index (χ1v) is 14.7. The van der Waals surface area contributed by atoms with E-state index in [9.17, 15) is 14.4 Å². The monoisotopic (exact) mass is 601 g/mol. The lowest BCUT2D eigenvalue weighted by molar-refractivity contribution is -0.175. The van der Waals surface area contributed by atoms with Crippen molar-refractivity contribution < 1.29 is 23.9 Å². The Balaban J connectivity index is 1.72. The molecule has 212 valence electrons. The Morgan fingerprint density at radius 2 is 1.79 bits per heavy atom. The summed E-state index contributed by atoms with van der Waals surface area (Å²) in [5.74, 6) is -0.533. The molecular weight excluding hydrogens is 562 g/mol. The largest absolute Gasteiger partial charge is 0.425 e. The van der Waals surface area contributed by atoms with Crippen molar-refractivity contribution in [3.63, 3.8) is 0 Å². The van der Waals surface area contributed by atoms with Crippen molar-refractivity contribution in [3.8, 4) is 0 Å². The lowest BCUT2D eigenvalue weighted by atomic mass is 9.79. The molecule has 2 aromatic rings. The van der Waals surface area contributed by atoms with Crippen LogP contribution in [0.4, 0.5) is 4.79 Å². The van der Waals surface area contributed by atoms with Gasteiger partial charge in [0, 0.05) is 43.4 Å². The van der Waals surface area contributed by atoms with E-state index in [1.54, 1.807) is 0 Å². The average molecular weight is 603 g/mol. The first-order chi connectivity index (χ1) is 18.5. The molecule has 1 aliphatic heterocycles. The maximum absolute atomic E-state index is 13.6. The second-order valence-corrected chi connectivity index (χ2v) is 12.0. The molecule has 39 heavy (non-hydrogen) atoms. The topological polar surface area (TPSA) is 81.1 Å². The molecule has 1 aromatic heterocycles. The van der Waals surface area contributed by atoms with Crippen molar-refractivity contribution in [1.29, 1.82) is 0 Å². The van der Waals surface area contributed by atoms with E-state index < -0.39 is 12.4 Å². The highest BCUT2D eigenvalue weighted by Gasteiger charge is 2.39. The second-order valence-electron chi connectivity index (χ2n) is 11.3. The van der Waals surface area contributed by atoms with Gasteiger partial charge in [0.1, 0.15) is 0 Å². The molecule has 3 unspecified atom stereocenters. The summed E-state index contributed by atoms with van der Waals surface area (Å²) in [6, 6.07) is 5.98. The minimum Gasteiger partial charge on any atom is -0.425 e. The molecule has 0 radical (unpaired) electrons. The normalized spacial score (nSPS) is 19.6. The number of carbonyl (C=O) groups excluding carboxylic acids is 3. The van der Waals surface area contributed by atoms with Gasteiger partial charge in [0.25, 0.3) is 6.29 Å². The molecule has 8 nitrogen and oxygen atoms in total. The number of aromatic nitrogens is 1. The van der Waals surface area contributed by atoms with Crippen LogP contribution in [0, 0.1) is 17.8 Å². The summed E-state index contributed by atoms with van der Waals surface area (Å²) in [4.78, 5) is 43.3. The maximum Gasteiger partial charge on any atom is 0.422 e. The van der Waals surface area contributed by atoms with Crippen molar-refractivity contribution in [1.82, 2.24) is 14.4 Å². The zero-order valence-electron chi connectivity index (χ0n) is 24.0.